The van der Waals surface area contributed by atoms with E-state index >= 15 is 0 Å². The number of halogens is 1. The predicted octanol–water partition coefficient (Wildman–Crippen LogP) is 4.19. The van der Waals surface area contributed by atoms with Crippen molar-refractivity contribution in [3.8, 4) is 16.9 Å². The summed E-state index contributed by atoms with van der Waals surface area (Å²) in [4.78, 5) is 3.16. The number of fused-ring (bicyclic) bond motifs is 1. The second kappa shape index (κ2) is 3.82. The van der Waals surface area contributed by atoms with E-state index in [1.54, 1.807) is 12.1 Å². The van der Waals surface area contributed by atoms with Gasteiger partial charge < -0.3 is 10.1 Å². The van der Waals surface area contributed by atoms with Gasteiger partial charge in [-0.25, -0.2) is 0 Å². The quantitative estimate of drug-likeness (QED) is 0.660. The molecule has 1 heterocycles. The highest BCUT2D eigenvalue weighted by molar-refractivity contribution is 6.35. The maximum atomic E-state index is 9.64. The fourth-order valence-electron chi connectivity index (χ4n) is 2.05. The van der Waals surface area contributed by atoms with E-state index in [2.05, 4.69) is 4.98 Å². The lowest BCUT2D eigenvalue weighted by molar-refractivity contribution is 0.476. The fourth-order valence-corrected chi connectivity index (χ4v) is 2.28. The standard InChI is InChI=1S/C14H10ClNO/c15-14-11(4-2-6-13(14)17)9-3-1-5-12-10(9)7-8-16-12/h1-8,16-17H. The highest BCUT2D eigenvalue weighted by Gasteiger charge is 2.10. The first-order valence-corrected chi connectivity index (χ1v) is 5.69. The number of hydrogen-bond donors (Lipinski definition) is 2. The minimum atomic E-state index is 0.108. The first-order chi connectivity index (χ1) is 8.27. The van der Waals surface area contributed by atoms with Crippen molar-refractivity contribution in [2.45, 2.75) is 0 Å². The lowest BCUT2D eigenvalue weighted by Gasteiger charge is -2.07. The van der Waals surface area contributed by atoms with Gasteiger partial charge in [0.1, 0.15) is 5.75 Å². The Kier molecular flexibility index (Phi) is 2.30. The van der Waals surface area contributed by atoms with E-state index in [0.29, 0.717) is 5.02 Å². The molecule has 0 amide bonds. The van der Waals surface area contributed by atoms with Crippen LogP contribution < -0.4 is 0 Å². The van der Waals surface area contributed by atoms with Crippen molar-refractivity contribution >= 4 is 22.5 Å². The first kappa shape index (κ1) is 10.2. The summed E-state index contributed by atoms with van der Waals surface area (Å²) in [6.45, 7) is 0. The van der Waals surface area contributed by atoms with Crippen LogP contribution in [0.1, 0.15) is 0 Å². The summed E-state index contributed by atoms with van der Waals surface area (Å²) in [5, 5.41) is 11.1. The van der Waals surface area contributed by atoms with E-state index in [9.17, 15) is 5.11 Å². The summed E-state index contributed by atoms with van der Waals surface area (Å²) in [5.74, 6) is 0.108. The van der Waals surface area contributed by atoms with Gasteiger partial charge in [0.25, 0.3) is 0 Å². The molecule has 0 saturated carbocycles. The van der Waals surface area contributed by atoms with Crippen LogP contribution >= 0.6 is 11.6 Å². The van der Waals surface area contributed by atoms with Gasteiger partial charge in [-0.2, -0.15) is 0 Å². The van der Waals surface area contributed by atoms with Crippen molar-refractivity contribution in [1.29, 1.82) is 0 Å². The maximum Gasteiger partial charge on any atom is 0.134 e. The summed E-state index contributed by atoms with van der Waals surface area (Å²) in [6, 6.07) is 13.3. The highest BCUT2D eigenvalue weighted by Crippen LogP contribution is 2.37. The smallest absolute Gasteiger partial charge is 0.134 e. The molecule has 0 aliphatic rings. The molecule has 3 rings (SSSR count). The summed E-state index contributed by atoms with van der Waals surface area (Å²) in [5.41, 5.74) is 2.92. The van der Waals surface area contributed by atoms with Crippen molar-refractivity contribution in [3.63, 3.8) is 0 Å². The number of nitrogens with one attached hydrogen (secondary N) is 1. The number of phenolic OH excluding ortho intramolecular Hbond substituents is 1. The molecule has 0 radical (unpaired) electrons. The van der Waals surface area contributed by atoms with Crippen LogP contribution in [0, 0.1) is 0 Å². The molecule has 3 heteroatoms. The zero-order chi connectivity index (χ0) is 11.8. The van der Waals surface area contributed by atoms with Crippen molar-refractivity contribution in [1.82, 2.24) is 4.98 Å². The number of hydrogen-bond acceptors (Lipinski definition) is 1. The maximum absolute atomic E-state index is 9.64. The van der Waals surface area contributed by atoms with Gasteiger partial charge in [-0.3, -0.25) is 0 Å². The molecule has 0 atom stereocenters. The number of aromatic hydroxyl groups is 1. The fraction of sp³-hybridized carbons (Fsp3) is 0. The molecular formula is C14H10ClNO. The molecule has 2 nitrogen and oxygen atoms in total. The molecule has 1 aromatic heterocycles. The summed E-state index contributed by atoms with van der Waals surface area (Å²) in [7, 11) is 0. The van der Waals surface area contributed by atoms with Gasteiger partial charge in [0.15, 0.2) is 0 Å². The summed E-state index contributed by atoms with van der Waals surface area (Å²) >= 11 is 6.13. The Morgan fingerprint density at radius 2 is 1.71 bits per heavy atom. The third-order valence-corrected chi connectivity index (χ3v) is 3.26. The van der Waals surface area contributed by atoms with Crippen molar-refractivity contribution in [2.24, 2.45) is 0 Å². The average molecular weight is 244 g/mol. The molecule has 0 aliphatic carbocycles. The Morgan fingerprint density at radius 3 is 2.59 bits per heavy atom. The Morgan fingerprint density at radius 1 is 0.941 bits per heavy atom. The molecular weight excluding hydrogens is 234 g/mol. The lowest BCUT2D eigenvalue weighted by atomic mass is 10.0. The van der Waals surface area contributed by atoms with E-state index in [0.717, 1.165) is 22.0 Å². The van der Waals surface area contributed by atoms with E-state index < -0.39 is 0 Å². The predicted molar refractivity (Wildman–Crippen MR) is 70.4 cm³/mol. The summed E-state index contributed by atoms with van der Waals surface area (Å²) in [6.07, 6.45) is 1.89. The van der Waals surface area contributed by atoms with Gasteiger partial charge in [-0.1, -0.05) is 35.9 Å². The minimum Gasteiger partial charge on any atom is -0.506 e. The average Bonchev–Trinajstić information content (AvgIpc) is 2.81. The van der Waals surface area contributed by atoms with E-state index in [1.807, 2.05) is 36.5 Å². The van der Waals surface area contributed by atoms with Crippen LogP contribution in [0.4, 0.5) is 0 Å². The third-order valence-electron chi connectivity index (χ3n) is 2.86. The number of aromatic amines is 1. The molecule has 0 spiro atoms. The highest BCUT2D eigenvalue weighted by atomic mass is 35.5. The lowest BCUT2D eigenvalue weighted by Crippen LogP contribution is -1.81. The monoisotopic (exact) mass is 243 g/mol. The number of phenols is 1. The number of aromatic nitrogens is 1. The number of H-pyrrole nitrogens is 1. The van der Waals surface area contributed by atoms with Crippen LogP contribution in [0.15, 0.2) is 48.7 Å². The van der Waals surface area contributed by atoms with Crippen molar-refractivity contribution < 1.29 is 5.11 Å². The van der Waals surface area contributed by atoms with Crippen LogP contribution in [-0.4, -0.2) is 10.1 Å². The van der Waals surface area contributed by atoms with Gasteiger partial charge in [-0.15, -0.1) is 0 Å². The van der Waals surface area contributed by atoms with Crippen LogP contribution in [0.5, 0.6) is 5.75 Å². The first-order valence-electron chi connectivity index (χ1n) is 5.31. The minimum absolute atomic E-state index is 0.108. The topological polar surface area (TPSA) is 36.0 Å². The Bertz CT molecular complexity index is 688. The normalized spacial score (nSPS) is 10.9. The Hall–Kier alpha value is -1.93. The second-order valence-electron chi connectivity index (χ2n) is 3.88. The van der Waals surface area contributed by atoms with E-state index in [1.165, 1.54) is 0 Å². The molecule has 0 fully saturated rings. The zero-order valence-corrected chi connectivity index (χ0v) is 9.70. The second-order valence-corrected chi connectivity index (χ2v) is 4.26. The molecule has 17 heavy (non-hydrogen) atoms. The van der Waals surface area contributed by atoms with Crippen LogP contribution in [0.2, 0.25) is 5.02 Å². The Labute approximate surface area is 103 Å². The van der Waals surface area contributed by atoms with Gasteiger partial charge >= 0.3 is 0 Å². The van der Waals surface area contributed by atoms with Crippen LogP contribution in [-0.2, 0) is 0 Å². The molecule has 0 unspecified atom stereocenters. The summed E-state index contributed by atoms with van der Waals surface area (Å²) < 4.78 is 0. The number of rotatable bonds is 1. The van der Waals surface area contributed by atoms with Crippen molar-refractivity contribution in [2.75, 3.05) is 0 Å². The van der Waals surface area contributed by atoms with E-state index in [-0.39, 0.29) is 5.75 Å². The van der Waals surface area contributed by atoms with Gasteiger partial charge in [0, 0.05) is 22.7 Å². The third kappa shape index (κ3) is 1.58. The Balaban J connectivity index is 2.34. The molecule has 3 aromatic rings. The van der Waals surface area contributed by atoms with Crippen LogP contribution in [0.25, 0.3) is 22.0 Å². The van der Waals surface area contributed by atoms with Crippen LogP contribution in [0.3, 0.4) is 0 Å². The molecule has 0 bridgehead atoms. The van der Waals surface area contributed by atoms with Gasteiger partial charge in [-0.05, 0) is 23.8 Å². The van der Waals surface area contributed by atoms with Gasteiger partial charge in [0.2, 0.25) is 0 Å². The number of benzene rings is 2. The molecule has 0 saturated heterocycles. The molecule has 2 N–H and O–H groups in total. The van der Waals surface area contributed by atoms with E-state index in [4.69, 9.17) is 11.6 Å². The zero-order valence-electron chi connectivity index (χ0n) is 8.94. The van der Waals surface area contributed by atoms with Gasteiger partial charge in [0.05, 0.1) is 5.02 Å². The molecule has 2 aromatic carbocycles. The van der Waals surface area contributed by atoms with Crippen molar-refractivity contribution in [3.05, 3.63) is 53.7 Å². The molecule has 84 valence electrons. The largest absolute Gasteiger partial charge is 0.506 e. The molecule has 0 aliphatic heterocycles. The SMILES string of the molecule is Oc1cccc(-c2cccc3[nH]ccc23)c1Cl.